The molecule has 0 saturated carbocycles. The molecular weight excluding hydrogens is 170 g/mol. The van der Waals surface area contributed by atoms with Crippen molar-refractivity contribution in [3.05, 3.63) is 28.6 Å². The van der Waals surface area contributed by atoms with Gasteiger partial charge in [-0.2, -0.15) is 0 Å². The average molecular weight is 181 g/mol. The van der Waals surface area contributed by atoms with Crippen molar-refractivity contribution in [3.63, 3.8) is 0 Å². The van der Waals surface area contributed by atoms with Gasteiger partial charge in [0.2, 0.25) is 0 Å². The van der Waals surface area contributed by atoms with Crippen LogP contribution in [0.5, 0.6) is 0 Å². The zero-order valence-electron chi connectivity index (χ0n) is 7.52. The zero-order valence-corrected chi connectivity index (χ0v) is 7.52. The number of hydrogen-bond donors (Lipinski definition) is 1. The van der Waals surface area contributed by atoms with Gasteiger partial charge in [-0.1, -0.05) is 0 Å². The number of hydrogen-bond acceptors (Lipinski definition) is 4. The lowest BCUT2D eigenvalue weighted by Gasteiger charge is -2.08. The Kier molecular flexibility index (Phi) is 2.79. The van der Waals surface area contributed by atoms with Crippen LogP contribution in [-0.4, -0.2) is 15.9 Å². The molecule has 0 unspecified atom stereocenters. The van der Waals surface area contributed by atoms with Crippen molar-refractivity contribution in [3.8, 4) is 0 Å². The molecule has 0 spiro atoms. The highest BCUT2D eigenvalue weighted by Gasteiger charge is 2.12. The summed E-state index contributed by atoms with van der Waals surface area (Å²) >= 11 is 0. The highest BCUT2D eigenvalue weighted by Crippen LogP contribution is 2.22. The number of nitro groups is 1. The van der Waals surface area contributed by atoms with Crippen LogP contribution in [0, 0.1) is 10.1 Å². The molecule has 1 aromatic rings. The highest BCUT2D eigenvalue weighted by atomic mass is 16.6. The molecule has 70 valence electrons. The Bertz CT molecular complexity index is 312. The SMILES string of the molecule is CC(C)Nc1cnccc1[N+](=O)[O-]. The van der Waals surface area contributed by atoms with E-state index in [1.807, 2.05) is 13.8 Å². The lowest BCUT2D eigenvalue weighted by atomic mass is 10.3. The maximum absolute atomic E-state index is 10.5. The van der Waals surface area contributed by atoms with Crippen LogP contribution in [0.25, 0.3) is 0 Å². The highest BCUT2D eigenvalue weighted by molar-refractivity contribution is 5.59. The van der Waals surface area contributed by atoms with Gasteiger partial charge >= 0.3 is 0 Å². The van der Waals surface area contributed by atoms with E-state index in [0.29, 0.717) is 5.69 Å². The van der Waals surface area contributed by atoms with Crippen molar-refractivity contribution in [1.29, 1.82) is 0 Å². The van der Waals surface area contributed by atoms with E-state index >= 15 is 0 Å². The summed E-state index contributed by atoms with van der Waals surface area (Å²) in [5, 5.41) is 13.5. The Hall–Kier alpha value is -1.65. The van der Waals surface area contributed by atoms with Gasteiger partial charge in [-0.3, -0.25) is 15.1 Å². The summed E-state index contributed by atoms with van der Waals surface area (Å²) in [6, 6.07) is 1.54. The molecule has 1 aromatic heterocycles. The fourth-order valence-electron chi connectivity index (χ4n) is 0.969. The smallest absolute Gasteiger partial charge is 0.295 e. The first-order valence-corrected chi connectivity index (χ1v) is 3.96. The standard InChI is InChI=1S/C8H11N3O2/c1-6(2)10-7-5-9-4-3-8(7)11(12)13/h3-6,10H,1-2H3. The Morgan fingerprint density at radius 2 is 2.31 bits per heavy atom. The monoisotopic (exact) mass is 181 g/mol. The summed E-state index contributed by atoms with van der Waals surface area (Å²) in [5.41, 5.74) is 0.520. The lowest BCUT2D eigenvalue weighted by Crippen LogP contribution is -2.11. The summed E-state index contributed by atoms with van der Waals surface area (Å²) in [6.07, 6.45) is 2.86. The molecule has 5 heteroatoms. The van der Waals surface area contributed by atoms with E-state index in [4.69, 9.17) is 0 Å². The normalized spacial score (nSPS) is 10.1. The van der Waals surface area contributed by atoms with Crippen molar-refractivity contribution >= 4 is 11.4 Å². The van der Waals surface area contributed by atoms with E-state index in [-0.39, 0.29) is 11.7 Å². The molecule has 0 aliphatic carbocycles. The molecule has 0 amide bonds. The third kappa shape index (κ3) is 2.40. The minimum Gasteiger partial charge on any atom is -0.376 e. The molecule has 1 heterocycles. The first-order valence-electron chi connectivity index (χ1n) is 3.96. The minimum absolute atomic E-state index is 0.0590. The number of aromatic nitrogens is 1. The third-order valence-corrected chi connectivity index (χ3v) is 1.44. The number of anilines is 1. The summed E-state index contributed by atoms with van der Waals surface area (Å²) in [5.74, 6) is 0. The van der Waals surface area contributed by atoms with E-state index in [1.54, 1.807) is 0 Å². The number of rotatable bonds is 3. The summed E-state index contributed by atoms with van der Waals surface area (Å²) in [7, 11) is 0. The minimum atomic E-state index is -0.424. The molecule has 1 N–H and O–H groups in total. The molecule has 0 atom stereocenters. The quantitative estimate of drug-likeness (QED) is 0.570. The molecule has 0 bridgehead atoms. The van der Waals surface area contributed by atoms with Crippen LogP contribution in [-0.2, 0) is 0 Å². The molecule has 0 aliphatic heterocycles. The van der Waals surface area contributed by atoms with Gasteiger partial charge in [-0.25, -0.2) is 0 Å². The number of nitrogens with zero attached hydrogens (tertiary/aromatic N) is 2. The molecule has 0 aliphatic rings. The molecule has 5 nitrogen and oxygen atoms in total. The second kappa shape index (κ2) is 3.84. The first kappa shape index (κ1) is 9.44. The topological polar surface area (TPSA) is 68.1 Å². The summed E-state index contributed by atoms with van der Waals surface area (Å²) < 4.78 is 0. The lowest BCUT2D eigenvalue weighted by molar-refractivity contribution is -0.384. The van der Waals surface area contributed by atoms with Crippen LogP contribution in [0.1, 0.15) is 13.8 Å². The van der Waals surface area contributed by atoms with E-state index < -0.39 is 4.92 Å². The van der Waals surface area contributed by atoms with Gasteiger partial charge < -0.3 is 5.32 Å². The number of pyridine rings is 1. The van der Waals surface area contributed by atoms with E-state index in [1.165, 1.54) is 18.5 Å². The van der Waals surface area contributed by atoms with Crippen LogP contribution in [0.15, 0.2) is 18.5 Å². The van der Waals surface area contributed by atoms with Crippen LogP contribution in [0.4, 0.5) is 11.4 Å². The summed E-state index contributed by atoms with van der Waals surface area (Å²) in [4.78, 5) is 13.9. The average Bonchev–Trinajstić information content (AvgIpc) is 2.03. The van der Waals surface area contributed by atoms with Gasteiger partial charge in [-0.05, 0) is 13.8 Å². The van der Waals surface area contributed by atoms with E-state index in [0.717, 1.165) is 0 Å². The molecular formula is C8H11N3O2. The van der Waals surface area contributed by atoms with Crippen molar-refractivity contribution in [2.24, 2.45) is 0 Å². The Balaban J connectivity index is 2.98. The van der Waals surface area contributed by atoms with E-state index in [2.05, 4.69) is 10.3 Å². The fraction of sp³-hybridized carbons (Fsp3) is 0.375. The summed E-state index contributed by atoms with van der Waals surface area (Å²) in [6.45, 7) is 3.83. The van der Waals surface area contributed by atoms with Crippen molar-refractivity contribution in [2.75, 3.05) is 5.32 Å². The molecule has 1 rings (SSSR count). The first-order chi connectivity index (χ1) is 6.11. The Morgan fingerprint density at radius 1 is 1.62 bits per heavy atom. The van der Waals surface area contributed by atoms with Gasteiger partial charge in [0.05, 0.1) is 11.1 Å². The van der Waals surface area contributed by atoms with E-state index in [9.17, 15) is 10.1 Å². The van der Waals surface area contributed by atoms with Crippen molar-refractivity contribution in [1.82, 2.24) is 4.98 Å². The maximum atomic E-state index is 10.5. The molecule has 13 heavy (non-hydrogen) atoms. The third-order valence-electron chi connectivity index (χ3n) is 1.44. The van der Waals surface area contributed by atoms with Crippen LogP contribution < -0.4 is 5.32 Å². The van der Waals surface area contributed by atoms with Gasteiger partial charge in [0.1, 0.15) is 5.69 Å². The largest absolute Gasteiger partial charge is 0.376 e. The maximum Gasteiger partial charge on any atom is 0.295 e. The molecule has 0 radical (unpaired) electrons. The van der Waals surface area contributed by atoms with Gasteiger partial charge in [0, 0.05) is 18.3 Å². The second-order valence-corrected chi connectivity index (χ2v) is 2.95. The van der Waals surface area contributed by atoms with Crippen LogP contribution in [0.3, 0.4) is 0 Å². The van der Waals surface area contributed by atoms with Crippen molar-refractivity contribution in [2.45, 2.75) is 19.9 Å². The number of nitrogens with one attached hydrogen (secondary N) is 1. The Labute approximate surface area is 75.9 Å². The second-order valence-electron chi connectivity index (χ2n) is 2.95. The molecule has 0 aromatic carbocycles. The zero-order chi connectivity index (χ0) is 9.84. The van der Waals surface area contributed by atoms with Gasteiger partial charge in [-0.15, -0.1) is 0 Å². The van der Waals surface area contributed by atoms with Gasteiger partial charge in [0.15, 0.2) is 0 Å². The van der Waals surface area contributed by atoms with Gasteiger partial charge in [0.25, 0.3) is 5.69 Å². The predicted octanol–water partition coefficient (Wildman–Crippen LogP) is 1.81. The van der Waals surface area contributed by atoms with Crippen LogP contribution in [0.2, 0.25) is 0 Å². The Morgan fingerprint density at radius 3 is 2.85 bits per heavy atom. The molecule has 0 saturated heterocycles. The fourth-order valence-corrected chi connectivity index (χ4v) is 0.969. The van der Waals surface area contributed by atoms with Crippen LogP contribution >= 0.6 is 0 Å². The molecule has 0 fully saturated rings. The predicted molar refractivity (Wildman–Crippen MR) is 49.7 cm³/mol. The van der Waals surface area contributed by atoms with Crippen molar-refractivity contribution < 1.29 is 4.92 Å².